The van der Waals surface area contributed by atoms with Gasteiger partial charge in [0.1, 0.15) is 0 Å². The second-order valence-corrected chi connectivity index (χ2v) is 6.60. The van der Waals surface area contributed by atoms with Crippen molar-refractivity contribution in [2.24, 2.45) is 11.8 Å². The number of halogens is 3. The normalized spacial score (nSPS) is 20.4. The zero-order valence-corrected chi connectivity index (χ0v) is 15.1. The van der Waals surface area contributed by atoms with Gasteiger partial charge in [0.25, 0.3) is 0 Å². The fraction of sp³-hybridized carbons (Fsp3) is 0.474. The number of hydrogen-bond donors (Lipinski definition) is 2. The van der Waals surface area contributed by atoms with Crippen molar-refractivity contribution in [2.45, 2.75) is 31.9 Å². The molecule has 0 radical (unpaired) electrons. The second kappa shape index (κ2) is 8.92. The molecule has 0 unspecified atom stereocenters. The Hall–Kier alpha value is -2.51. The number of methoxy groups -OCH3 is 1. The number of alkyl halides is 3. The smallest absolute Gasteiger partial charge is 0.391 e. The van der Waals surface area contributed by atoms with Gasteiger partial charge in [0, 0.05) is 17.7 Å². The van der Waals surface area contributed by atoms with E-state index in [-0.39, 0.29) is 30.9 Å². The molecule has 0 bridgehead atoms. The SMILES string of the molecule is C=C(CNc1cnc(OC)c(/C=C/C2CCC(C(F)(F)F)CC2)c1)C(=O)O. The van der Waals surface area contributed by atoms with Crippen LogP contribution < -0.4 is 10.1 Å². The molecule has 1 aliphatic rings. The Kier molecular flexibility index (Phi) is 6.87. The van der Waals surface area contributed by atoms with Crippen LogP contribution in [0.25, 0.3) is 6.08 Å². The average molecular weight is 384 g/mol. The summed E-state index contributed by atoms with van der Waals surface area (Å²) < 4.78 is 43.5. The predicted octanol–water partition coefficient (Wildman–Crippen LogP) is 4.52. The Morgan fingerprint density at radius 1 is 1.41 bits per heavy atom. The van der Waals surface area contributed by atoms with Crippen molar-refractivity contribution < 1.29 is 27.8 Å². The van der Waals surface area contributed by atoms with Crippen LogP contribution in [-0.4, -0.2) is 35.9 Å². The quantitative estimate of drug-likeness (QED) is 0.676. The van der Waals surface area contributed by atoms with Gasteiger partial charge >= 0.3 is 12.1 Å². The molecule has 27 heavy (non-hydrogen) atoms. The van der Waals surface area contributed by atoms with Gasteiger partial charge in [-0.1, -0.05) is 18.7 Å². The van der Waals surface area contributed by atoms with Crippen molar-refractivity contribution >= 4 is 17.7 Å². The maximum Gasteiger partial charge on any atom is 0.391 e. The molecule has 2 N–H and O–H groups in total. The maximum atomic E-state index is 12.7. The van der Waals surface area contributed by atoms with E-state index in [2.05, 4.69) is 16.9 Å². The first-order chi connectivity index (χ1) is 12.7. The molecular weight excluding hydrogens is 361 g/mol. The summed E-state index contributed by atoms with van der Waals surface area (Å²) in [5.74, 6) is -1.82. The Morgan fingerprint density at radius 3 is 2.63 bits per heavy atom. The third-order valence-corrected chi connectivity index (χ3v) is 4.66. The Balaban J connectivity index is 2.02. The third kappa shape index (κ3) is 6.01. The summed E-state index contributed by atoms with van der Waals surface area (Å²) in [6, 6.07) is 1.75. The summed E-state index contributed by atoms with van der Waals surface area (Å²) in [5.41, 5.74) is 1.28. The van der Waals surface area contributed by atoms with Crippen LogP contribution in [0.3, 0.4) is 0 Å². The fourth-order valence-corrected chi connectivity index (χ4v) is 3.02. The Morgan fingerprint density at radius 2 is 2.07 bits per heavy atom. The lowest BCUT2D eigenvalue weighted by molar-refractivity contribution is -0.183. The largest absolute Gasteiger partial charge is 0.481 e. The van der Waals surface area contributed by atoms with E-state index in [1.54, 1.807) is 12.1 Å². The minimum absolute atomic E-state index is 0.0179. The van der Waals surface area contributed by atoms with Crippen LogP contribution in [-0.2, 0) is 4.79 Å². The third-order valence-electron chi connectivity index (χ3n) is 4.66. The van der Waals surface area contributed by atoms with E-state index in [0.717, 1.165) is 0 Å². The fourth-order valence-electron chi connectivity index (χ4n) is 3.02. The Labute approximate surface area is 155 Å². The summed E-state index contributed by atoms with van der Waals surface area (Å²) in [6.45, 7) is 3.51. The summed E-state index contributed by atoms with van der Waals surface area (Å²) in [7, 11) is 1.48. The van der Waals surface area contributed by atoms with Gasteiger partial charge in [-0.3, -0.25) is 0 Å². The van der Waals surface area contributed by atoms with Gasteiger partial charge in [0.05, 0.1) is 24.9 Å². The van der Waals surface area contributed by atoms with Crippen molar-refractivity contribution in [1.29, 1.82) is 0 Å². The number of hydrogen-bond acceptors (Lipinski definition) is 4. The first-order valence-electron chi connectivity index (χ1n) is 8.64. The molecule has 0 amide bonds. The minimum Gasteiger partial charge on any atom is -0.481 e. The number of pyridine rings is 1. The standard InChI is InChI=1S/C19H23F3N2O3/c1-12(18(25)26)10-23-16-9-14(17(27-2)24-11-16)6-3-13-4-7-15(8-5-13)19(20,21)22/h3,6,9,11,13,15,23H,1,4-5,7-8,10H2,2H3,(H,25,26)/b6-3+. The maximum absolute atomic E-state index is 12.7. The molecule has 0 saturated heterocycles. The van der Waals surface area contributed by atoms with Crippen LogP contribution in [0, 0.1) is 11.8 Å². The molecule has 1 aromatic rings. The van der Waals surface area contributed by atoms with E-state index in [0.29, 0.717) is 30.0 Å². The summed E-state index contributed by atoms with van der Waals surface area (Å²) >= 11 is 0. The molecule has 0 aromatic carbocycles. The van der Waals surface area contributed by atoms with Crippen LogP contribution in [0.1, 0.15) is 31.2 Å². The molecule has 1 aromatic heterocycles. The summed E-state index contributed by atoms with van der Waals surface area (Å²) in [6.07, 6.45) is 2.37. The number of carboxylic acids is 1. The number of nitrogens with zero attached hydrogens (tertiary/aromatic N) is 1. The zero-order chi connectivity index (χ0) is 20.0. The van der Waals surface area contributed by atoms with Gasteiger partial charge in [-0.2, -0.15) is 13.2 Å². The lowest BCUT2D eigenvalue weighted by Gasteiger charge is -2.28. The van der Waals surface area contributed by atoms with E-state index < -0.39 is 18.1 Å². The van der Waals surface area contributed by atoms with Crippen LogP contribution >= 0.6 is 0 Å². The highest BCUT2D eigenvalue weighted by Gasteiger charge is 2.40. The highest BCUT2D eigenvalue weighted by atomic mass is 19.4. The van der Waals surface area contributed by atoms with E-state index in [1.165, 1.54) is 13.3 Å². The number of nitrogens with one attached hydrogen (secondary N) is 1. The highest BCUT2D eigenvalue weighted by molar-refractivity contribution is 5.86. The monoisotopic (exact) mass is 384 g/mol. The van der Waals surface area contributed by atoms with E-state index in [9.17, 15) is 18.0 Å². The van der Waals surface area contributed by atoms with Crippen LogP contribution in [0.2, 0.25) is 0 Å². The molecule has 0 spiro atoms. The number of aromatic nitrogens is 1. The first-order valence-corrected chi connectivity index (χ1v) is 8.64. The number of allylic oxidation sites excluding steroid dienone is 1. The number of anilines is 1. The molecule has 8 heteroatoms. The van der Waals surface area contributed by atoms with Gasteiger partial charge in [-0.25, -0.2) is 9.78 Å². The molecule has 1 heterocycles. The number of rotatable bonds is 7. The van der Waals surface area contributed by atoms with Crippen molar-refractivity contribution in [1.82, 2.24) is 4.98 Å². The van der Waals surface area contributed by atoms with E-state index in [1.807, 2.05) is 6.08 Å². The molecule has 1 saturated carbocycles. The topological polar surface area (TPSA) is 71.5 Å². The molecule has 0 aliphatic heterocycles. The highest BCUT2D eigenvalue weighted by Crippen LogP contribution is 2.40. The molecule has 5 nitrogen and oxygen atoms in total. The molecule has 0 atom stereocenters. The lowest BCUT2D eigenvalue weighted by atomic mass is 9.81. The molecule has 2 rings (SSSR count). The second-order valence-electron chi connectivity index (χ2n) is 6.60. The van der Waals surface area contributed by atoms with Gasteiger partial charge in [0.2, 0.25) is 5.88 Å². The molecule has 148 valence electrons. The number of carboxylic acid groups (broad SMARTS) is 1. The first kappa shape index (κ1) is 20.8. The molecule has 1 aliphatic carbocycles. The van der Waals surface area contributed by atoms with Crippen LogP contribution in [0.5, 0.6) is 5.88 Å². The van der Waals surface area contributed by atoms with Crippen molar-refractivity contribution in [3.63, 3.8) is 0 Å². The minimum atomic E-state index is -4.11. The lowest BCUT2D eigenvalue weighted by Crippen LogP contribution is -2.27. The van der Waals surface area contributed by atoms with Crippen LogP contribution in [0.4, 0.5) is 18.9 Å². The molecule has 1 fully saturated rings. The zero-order valence-electron chi connectivity index (χ0n) is 15.1. The predicted molar refractivity (Wildman–Crippen MR) is 96.6 cm³/mol. The number of ether oxygens (including phenoxy) is 1. The van der Waals surface area contributed by atoms with E-state index in [4.69, 9.17) is 9.84 Å². The Bertz CT molecular complexity index is 709. The van der Waals surface area contributed by atoms with Gasteiger partial charge < -0.3 is 15.2 Å². The summed E-state index contributed by atoms with van der Waals surface area (Å²) in [4.78, 5) is 15.0. The van der Waals surface area contributed by atoms with Crippen molar-refractivity contribution in [3.05, 3.63) is 36.1 Å². The van der Waals surface area contributed by atoms with Gasteiger partial charge in [-0.15, -0.1) is 0 Å². The van der Waals surface area contributed by atoms with Crippen molar-refractivity contribution in [3.8, 4) is 5.88 Å². The van der Waals surface area contributed by atoms with E-state index >= 15 is 0 Å². The van der Waals surface area contributed by atoms with Gasteiger partial charge in [0.15, 0.2) is 0 Å². The summed E-state index contributed by atoms with van der Waals surface area (Å²) in [5, 5.41) is 11.8. The molecular formula is C19H23F3N2O3. The van der Waals surface area contributed by atoms with Crippen molar-refractivity contribution in [2.75, 3.05) is 19.0 Å². The average Bonchev–Trinajstić information content (AvgIpc) is 2.63. The number of aliphatic carboxylic acids is 1. The van der Waals surface area contributed by atoms with Crippen LogP contribution in [0.15, 0.2) is 30.5 Å². The number of carbonyl (C=O) groups is 1. The van der Waals surface area contributed by atoms with Gasteiger partial charge in [-0.05, 0) is 37.7 Å².